The van der Waals surface area contributed by atoms with Crippen molar-refractivity contribution in [3.8, 4) is 0 Å². The molecule has 0 amide bonds. The lowest BCUT2D eigenvalue weighted by Gasteiger charge is -2.29. The maximum Gasteiger partial charge on any atom is 0.338 e. The van der Waals surface area contributed by atoms with Crippen molar-refractivity contribution in [1.29, 1.82) is 0 Å². The summed E-state index contributed by atoms with van der Waals surface area (Å²) in [5, 5.41) is 0. The summed E-state index contributed by atoms with van der Waals surface area (Å²) < 4.78 is 35.1. The fourth-order valence-corrected chi connectivity index (χ4v) is 5.38. The Morgan fingerprint density at radius 3 is 2.70 bits per heavy atom. The molecule has 30 heavy (non-hydrogen) atoms. The van der Waals surface area contributed by atoms with Gasteiger partial charge in [-0.15, -0.1) is 4.40 Å². The maximum absolute atomic E-state index is 12.7. The first-order chi connectivity index (χ1) is 14.4. The predicted molar refractivity (Wildman–Crippen MR) is 116 cm³/mol. The van der Waals surface area contributed by atoms with E-state index in [1.807, 2.05) is 4.90 Å². The molecule has 0 aliphatic carbocycles. The van der Waals surface area contributed by atoms with Crippen LogP contribution in [0, 0.1) is 0 Å². The summed E-state index contributed by atoms with van der Waals surface area (Å²) in [6, 6.07) is 11.3. The van der Waals surface area contributed by atoms with Crippen LogP contribution >= 0.6 is 15.9 Å². The number of Topliss-reactive ketones (excluding diaryl/α,β-unsaturated/α-hetero) is 1. The highest BCUT2D eigenvalue weighted by Crippen LogP contribution is 2.35. The highest BCUT2D eigenvalue weighted by molar-refractivity contribution is 9.10. The lowest BCUT2D eigenvalue weighted by atomic mass is 10.1. The van der Waals surface area contributed by atoms with Gasteiger partial charge in [-0.25, -0.2) is 4.79 Å². The van der Waals surface area contributed by atoms with Crippen LogP contribution in [-0.4, -0.2) is 39.2 Å². The molecule has 7 nitrogen and oxygen atoms in total. The van der Waals surface area contributed by atoms with Gasteiger partial charge in [-0.2, -0.15) is 8.42 Å². The lowest BCUT2D eigenvalue weighted by Crippen LogP contribution is -2.35. The van der Waals surface area contributed by atoms with Crippen LogP contribution in [0.15, 0.2) is 56.2 Å². The number of halogens is 1. The first-order valence-electron chi connectivity index (χ1n) is 9.57. The highest BCUT2D eigenvalue weighted by atomic mass is 79.9. The molecule has 2 aromatic rings. The van der Waals surface area contributed by atoms with E-state index >= 15 is 0 Å². The molecule has 0 atom stereocenters. The van der Waals surface area contributed by atoms with Gasteiger partial charge in [-0.3, -0.25) is 4.79 Å². The number of carbonyl (C=O) groups is 2. The first-order valence-corrected chi connectivity index (χ1v) is 11.8. The predicted octanol–water partition coefficient (Wildman–Crippen LogP) is 3.97. The van der Waals surface area contributed by atoms with Gasteiger partial charge in [-0.1, -0.05) is 40.5 Å². The second-order valence-corrected chi connectivity index (χ2v) is 9.53. The largest absolute Gasteiger partial charge is 0.454 e. The number of hydrogen-bond acceptors (Lipinski definition) is 6. The molecule has 2 aliphatic heterocycles. The number of amidine groups is 1. The van der Waals surface area contributed by atoms with E-state index in [9.17, 15) is 18.0 Å². The van der Waals surface area contributed by atoms with Crippen molar-refractivity contribution in [2.24, 2.45) is 4.40 Å². The van der Waals surface area contributed by atoms with Gasteiger partial charge in [0.05, 0.1) is 11.3 Å². The molecule has 1 fully saturated rings. The molecule has 0 radical (unpaired) electrons. The molecule has 0 spiro atoms. The molecule has 2 heterocycles. The van der Waals surface area contributed by atoms with E-state index in [1.165, 1.54) is 12.1 Å². The zero-order valence-electron chi connectivity index (χ0n) is 16.0. The number of esters is 1. The van der Waals surface area contributed by atoms with E-state index in [-0.39, 0.29) is 16.2 Å². The first kappa shape index (κ1) is 20.7. The van der Waals surface area contributed by atoms with Gasteiger partial charge in [0, 0.05) is 23.0 Å². The van der Waals surface area contributed by atoms with Gasteiger partial charge >= 0.3 is 5.97 Å². The van der Waals surface area contributed by atoms with Crippen molar-refractivity contribution in [3.05, 3.63) is 58.1 Å². The van der Waals surface area contributed by atoms with Crippen LogP contribution in [-0.2, 0) is 14.8 Å². The fraction of sp³-hybridized carbons (Fsp3) is 0.286. The van der Waals surface area contributed by atoms with Crippen LogP contribution in [0.1, 0.15) is 46.4 Å². The number of hydrogen-bond donors (Lipinski definition) is 0. The molecule has 0 saturated carbocycles. The van der Waals surface area contributed by atoms with Gasteiger partial charge in [0.25, 0.3) is 10.0 Å². The Kier molecular flexibility index (Phi) is 5.75. The van der Waals surface area contributed by atoms with Crippen molar-refractivity contribution in [1.82, 2.24) is 0 Å². The van der Waals surface area contributed by atoms with Crippen molar-refractivity contribution >= 4 is 49.2 Å². The number of rotatable bonds is 4. The standard InChI is InChI=1S/C21H19BrN2O5S/c22-16-7-4-3-6-15(16)18(25)13-29-21(26)14-9-10-17-19(12-14)30(27,28)23-20-8-2-1-5-11-24(17)20/h3-4,6-7,9-10,12H,1-2,5,8,11,13H2. The minimum Gasteiger partial charge on any atom is -0.454 e. The smallest absolute Gasteiger partial charge is 0.338 e. The van der Waals surface area contributed by atoms with E-state index in [0.717, 1.165) is 19.3 Å². The monoisotopic (exact) mass is 490 g/mol. The second-order valence-electron chi connectivity index (χ2n) is 7.11. The van der Waals surface area contributed by atoms with Crippen molar-refractivity contribution in [2.75, 3.05) is 18.1 Å². The summed E-state index contributed by atoms with van der Waals surface area (Å²) in [6.45, 7) is 0.241. The Balaban J connectivity index is 1.55. The molecular formula is C21H19BrN2O5S. The molecule has 0 unspecified atom stereocenters. The Morgan fingerprint density at radius 2 is 1.90 bits per heavy atom. The number of anilines is 1. The molecule has 9 heteroatoms. The quantitative estimate of drug-likeness (QED) is 0.475. The van der Waals surface area contributed by atoms with E-state index < -0.39 is 22.6 Å². The zero-order valence-corrected chi connectivity index (χ0v) is 18.4. The number of carbonyl (C=O) groups excluding carboxylic acids is 2. The van der Waals surface area contributed by atoms with Gasteiger partial charge < -0.3 is 9.64 Å². The Bertz CT molecular complexity index is 1160. The number of benzene rings is 2. The van der Waals surface area contributed by atoms with Crippen LogP contribution in [0.3, 0.4) is 0 Å². The second kappa shape index (κ2) is 8.31. The van der Waals surface area contributed by atoms with Crippen LogP contribution in [0.4, 0.5) is 5.69 Å². The summed E-state index contributed by atoms with van der Waals surface area (Å²) in [6.07, 6.45) is 3.47. The van der Waals surface area contributed by atoms with E-state index in [1.54, 1.807) is 30.3 Å². The van der Waals surface area contributed by atoms with Crippen LogP contribution in [0.2, 0.25) is 0 Å². The molecule has 4 rings (SSSR count). The molecular weight excluding hydrogens is 472 g/mol. The topological polar surface area (TPSA) is 93.1 Å². The number of ketones is 1. The van der Waals surface area contributed by atoms with E-state index in [0.29, 0.717) is 34.5 Å². The van der Waals surface area contributed by atoms with Crippen LogP contribution in [0.5, 0.6) is 0 Å². The third kappa shape index (κ3) is 4.04. The van der Waals surface area contributed by atoms with E-state index in [4.69, 9.17) is 4.74 Å². The summed E-state index contributed by atoms with van der Waals surface area (Å²) in [7, 11) is -3.90. The van der Waals surface area contributed by atoms with Gasteiger partial charge in [0.2, 0.25) is 5.78 Å². The maximum atomic E-state index is 12.7. The molecule has 0 aromatic heterocycles. The number of sulfonamides is 1. The average molecular weight is 491 g/mol. The third-order valence-corrected chi connectivity index (χ3v) is 7.12. The zero-order chi connectivity index (χ0) is 21.3. The van der Waals surface area contributed by atoms with Gasteiger partial charge in [0.15, 0.2) is 6.61 Å². The fourth-order valence-electron chi connectivity index (χ4n) is 3.59. The molecule has 1 saturated heterocycles. The van der Waals surface area contributed by atoms with Gasteiger partial charge in [0.1, 0.15) is 10.7 Å². The number of ether oxygens (including phenoxy) is 1. The van der Waals surface area contributed by atoms with Crippen molar-refractivity contribution in [2.45, 2.75) is 30.6 Å². The molecule has 0 bridgehead atoms. The molecule has 156 valence electrons. The van der Waals surface area contributed by atoms with Crippen LogP contribution in [0.25, 0.3) is 0 Å². The Hall–Kier alpha value is -2.52. The number of fused-ring (bicyclic) bond motifs is 3. The summed E-state index contributed by atoms with van der Waals surface area (Å²) >= 11 is 3.29. The van der Waals surface area contributed by atoms with E-state index in [2.05, 4.69) is 20.3 Å². The minimum atomic E-state index is -3.90. The normalized spacial score (nSPS) is 17.2. The summed E-state index contributed by atoms with van der Waals surface area (Å²) in [5.41, 5.74) is 0.995. The van der Waals surface area contributed by atoms with Crippen molar-refractivity contribution in [3.63, 3.8) is 0 Å². The molecule has 0 N–H and O–H groups in total. The molecule has 2 aromatic carbocycles. The summed E-state index contributed by atoms with van der Waals surface area (Å²) in [4.78, 5) is 26.7. The summed E-state index contributed by atoms with van der Waals surface area (Å²) in [5.74, 6) is -0.575. The number of nitrogens with zero attached hydrogens (tertiary/aromatic N) is 2. The Morgan fingerprint density at radius 1 is 1.10 bits per heavy atom. The average Bonchev–Trinajstić information content (AvgIpc) is 2.96. The third-order valence-electron chi connectivity index (χ3n) is 5.09. The lowest BCUT2D eigenvalue weighted by molar-refractivity contribution is 0.0474. The molecule has 2 aliphatic rings. The SMILES string of the molecule is O=C(OCC(=O)c1ccccc1Br)c1ccc2c(c1)S(=O)(=O)N=C1CCCCCN12. The van der Waals surface area contributed by atoms with Crippen molar-refractivity contribution < 1.29 is 22.7 Å². The van der Waals surface area contributed by atoms with Gasteiger partial charge in [-0.05, 0) is 37.1 Å². The minimum absolute atomic E-state index is 0.0141. The Labute approximate surface area is 182 Å². The highest BCUT2D eigenvalue weighted by Gasteiger charge is 2.32. The van der Waals surface area contributed by atoms with Crippen LogP contribution < -0.4 is 4.90 Å².